The van der Waals surface area contributed by atoms with Crippen molar-refractivity contribution in [3.8, 4) is 0 Å². The quantitative estimate of drug-likeness (QED) is 0.630. The van der Waals surface area contributed by atoms with Crippen LogP contribution in [0.25, 0.3) is 0 Å². The summed E-state index contributed by atoms with van der Waals surface area (Å²) < 4.78 is 0. The summed E-state index contributed by atoms with van der Waals surface area (Å²) in [5.41, 5.74) is 4.51. The van der Waals surface area contributed by atoms with Crippen LogP contribution in [0.15, 0.2) is 69.1 Å². The number of anilines is 1. The minimum Gasteiger partial charge on any atom is -0.331 e. The summed E-state index contributed by atoms with van der Waals surface area (Å²) >= 11 is 9.04. The van der Waals surface area contributed by atoms with E-state index in [0.717, 1.165) is 17.8 Å². The van der Waals surface area contributed by atoms with Crippen molar-refractivity contribution < 1.29 is 0 Å². The van der Waals surface area contributed by atoms with Crippen molar-refractivity contribution in [1.82, 2.24) is 5.01 Å². The number of hydrogen-bond donors (Lipinski definition) is 1. The molecule has 0 bridgehead atoms. The van der Waals surface area contributed by atoms with E-state index in [1.807, 2.05) is 35.3 Å². The topological polar surface area (TPSA) is 27.6 Å². The maximum atomic E-state index is 5.64. The number of nitrogens with one attached hydrogen (secondary N) is 1. The average molecular weight is 370 g/mol. The van der Waals surface area contributed by atoms with Crippen LogP contribution in [0, 0.1) is 0 Å². The lowest BCUT2D eigenvalue weighted by Crippen LogP contribution is -2.30. The molecule has 0 fully saturated rings. The first-order valence-electron chi connectivity index (χ1n) is 7.58. The van der Waals surface area contributed by atoms with Crippen molar-refractivity contribution in [2.75, 3.05) is 5.32 Å². The fourth-order valence-electron chi connectivity index (χ4n) is 2.73. The molecular formula is C18H15N3S3. The summed E-state index contributed by atoms with van der Waals surface area (Å²) in [5.74, 6) is 0. The monoisotopic (exact) mass is 369 g/mol. The van der Waals surface area contributed by atoms with Gasteiger partial charge >= 0.3 is 0 Å². The first kappa shape index (κ1) is 15.5. The van der Waals surface area contributed by atoms with Crippen molar-refractivity contribution in [2.45, 2.75) is 12.5 Å². The molecule has 6 heteroatoms. The highest BCUT2D eigenvalue weighted by Crippen LogP contribution is 2.34. The van der Waals surface area contributed by atoms with Crippen LogP contribution in [-0.2, 0) is 0 Å². The Morgan fingerprint density at radius 3 is 2.58 bits per heavy atom. The van der Waals surface area contributed by atoms with E-state index in [1.54, 1.807) is 22.7 Å². The number of hydrogen-bond acceptors (Lipinski definition) is 4. The van der Waals surface area contributed by atoms with Gasteiger partial charge < -0.3 is 5.32 Å². The van der Waals surface area contributed by atoms with Gasteiger partial charge in [0.15, 0.2) is 5.11 Å². The molecule has 3 heterocycles. The molecule has 1 unspecified atom stereocenters. The molecule has 0 saturated heterocycles. The first-order chi connectivity index (χ1) is 11.8. The zero-order chi connectivity index (χ0) is 16.4. The van der Waals surface area contributed by atoms with Crippen LogP contribution >= 0.6 is 34.9 Å². The second kappa shape index (κ2) is 6.84. The lowest BCUT2D eigenvalue weighted by atomic mass is 10.0. The zero-order valence-corrected chi connectivity index (χ0v) is 15.2. The Morgan fingerprint density at radius 2 is 1.88 bits per heavy atom. The third-order valence-corrected chi connectivity index (χ3v) is 5.60. The van der Waals surface area contributed by atoms with E-state index in [1.165, 1.54) is 11.1 Å². The molecule has 3 aromatic rings. The minimum atomic E-state index is 0.148. The van der Waals surface area contributed by atoms with Crippen molar-refractivity contribution >= 4 is 51.4 Å². The molecular weight excluding hydrogens is 354 g/mol. The molecule has 1 aromatic carbocycles. The van der Waals surface area contributed by atoms with Crippen molar-refractivity contribution in [1.29, 1.82) is 0 Å². The molecule has 0 saturated carbocycles. The van der Waals surface area contributed by atoms with Gasteiger partial charge in [0.1, 0.15) is 0 Å². The maximum Gasteiger partial charge on any atom is 0.194 e. The average Bonchev–Trinajstić information content (AvgIpc) is 3.35. The van der Waals surface area contributed by atoms with Gasteiger partial charge in [-0.1, -0.05) is 18.2 Å². The largest absolute Gasteiger partial charge is 0.331 e. The summed E-state index contributed by atoms with van der Waals surface area (Å²) in [6, 6.07) is 14.4. The molecule has 3 nitrogen and oxygen atoms in total. The van der Waals surface area contributed by atoms with Crippen LogP contribution < -0.4 is 5.32 Å². The fourth-order valence-corrected chi connectivity index (χ4v) is 4.39. The number of thiocarbonyl (C=S) groups is 1. The molecule has 1 atom stereocenters. The van der Waals surface area contributed by atoms with Crippen molar-refractivity contribution in [3.63, 3.8) is 0 Å². The van der Waals surface area contributed by atoms with Gasteiger partial charge in [-0.05, 0) is 63.6 Å². The number of benzene rings is 1. The summed E-state index contributed by atoms with van der Waals surface area (Å²) in [5, 5.41) is 19.2. The molecule has 24 heavy (non-hydrogen) atoms. The van der Waals surface area contributed by atoms with E-state index < -0.39 is 0 Å². The number of thiophene rings is 2. The fraction of sp³-hybridized carbons (Fsp3) is 0.111. The van der Waals surface area contributed by atoms with E-state index in [-0.39, 0.29) is 6.04 Å². The summed E-state index contributed by atoms with van der Waals surface area (Å²) in [4.78, 5) is 0. The Bertz CT molecular complexity index is 839. The van der Waals surface area contributed by atoms with E-state index in [4.69, 9.17) is 17.3 Å². The zero-order valence-electron chi connectivity index (χ0n) is 12.8. The molecule has 0 spiro atoms. The van der Waals surface area contributed by atoms with E-state index in [2.05, 4.69) is 39.0 Å². The number of rotatable bonds is 3. The number of para-hydroxylation sites is 1. The Hall–Kier alpha value is -2.02. The molecule has 0 amide bonds. The van der Waals surface area contributed by atoms with Gasteiger partial charge in [-0.15, -0.1) is 0 Å². The van der Waals surface area contributed by atoms with E-state index in [9.17, 15) is 0 Å². The van der Waals surface area contributed by atoms with Gasteiger partial charge in [0.25, 0.3) is 0 Å². The number of hydrazone groups is 1. The predicted octanol–water partition coefficient (Wildman–Crippen LogP) is 5.36. The molecule has 120 valence electrons. The summed E-state index contributed by atoms with van der Waals surface area (Å²) in [6.07, 6.45) is 0.865. The van der Waals surface area contributed by atoms with Crippen molar-refractivity contribution in [2.24, 2.45) is 5.10 Å². The highest BCUT2D eigenvalue weighted by Gasteiger charge is 2.31. The molecule has 4 rings (SSSR count). The second-order valence-electron chi connectivity index (χ2n) is 5.48. The van der Waals surface area contributed by atoms with Gasteiger partial charge in [-0.3, -0.25) is 0 Å². The smallest absolute Gasteiger partial charge is 0.194 e. The number of nitrogens with zero attached hydrogens (tertiary/aromatic N) is 2. The molecule has 1 aliphatic heterocycles. The highest BCUT2D eigenvalue weighted by molar-refractivity contribution is 7.80. The van der Waals surface area contributed by atoms with Crippen LogP contribution in [0.2, 0.25) is 0 Å². The lowest BCUT2D eigenvalue weighted by Gasteiger charge is -2.24. The highest BCUT2D eigenvalue weighted by atomic mass is 32.1. The minimum absolute atomic E-state index is 0.148. The van der Waals surface area contributed by atoms with Gasteiger partial charge in [-0.25, -0.2) is 5.01 Å². The van der Waals surface area contributed by atoms with Crippen LogP contribution in [0.5, 0.6) is 0 Å². The van der Waals surface area contributed by atoms with Gasteiger partial charge in [-0.2, -0.15) is 27.8 Å². The molecule has 0 aliphatic carbocycles. The van der Waals surface area contributed by atoms with Gasteiger partial charge in [0.2, 0.25) is 0 Å². The SMILES string of the molecule is S=C(Nc1ccccc1)N1N=C(c2ccsc2)CC1c1ccsc1. The van der Waals surface area contributed by atoms with E-state index >= 15 is 0 Å². The van der Waals surface area contributed by atoms with Gasteiger partial charge in [0, 0.05) is 17.7 Å². The molecule has 0 radical (unpaired) electrons. The van der Waals surface area contributed by atoms with Crippen LogP contribution in [0.4, 0.5) is 5.69 Å². The lowest BCUT2D eigenvalue weighted by molar-refractivity contribution is 0.376. The van der Waals surface area contributed by atoms with Crippen molar-refractivity contribution in [3.05, 3.63) is 75.1 Å². The predicted molar refractivity (Wildman–Crippen MR) is 107 cm³/mol. The summed E-state index contributed by atoms with van der Waals surface area (Å²) in [6.45, 7) is 0. The third-order valence-electron chi connectivity index (χ3n) is 3.93. The van der Waals surface area contributed by atoms with Crippen LogP contribution in [-0.4, -0.2) is 15.8 Å². The molecule has 1 N–H and O–H groups in total. The Kier molecular flexibility index (Phi) is 4.42. The van der Waals surface area contributed by atoms with Crippen LogP contribution in [0.1, 0.15) is 23.6 Å². The maximum absolute atomic E-state index is 5.64. The third kappa shape index (κ3) is 3.13. The van der Waals surface area contributed by atoms with Gasteiger partial charge in [0.05, 0.1) is 11.8 Å². The van der Waals surface area contributed by atoms with Crippen LogP contribution in [0.3, 0.4) is 0 Å². The molecule has 1 aliphatic rings. The standard InChI is InChI=1S/C18H15N3S3/c22-18(19-15-4-2-1-3-5-15)21-17(14-7-9-24-12-14)10-16(20-21)13-6-8-23-11-13/h1-9,11-12,17H,10H2,(H,19,22). The molecule has 2 aromatic heterocycles. The first-order valence-corrected chi connectivity index (χ1v) is 9.88. The van der Waals surface area contributed by atoms with E-state index in [0.29, 0.717) is 5.11 Å². The Morgan fingerprint density at radius 1 is 1.08 bits per heavy atom. The normalized spacial score (nSPS) is 16.9. The Labute approximate surface area is 154 Å². The second-order valence-corrected chi connectivity index (χ2v) is 7.42. The summed E-state index contributed by atoms with van der Waals surface area (Å²) in [7, 11) is 0. The Balaban J connectivity index is 1.62.